The largest absolute Gasteiger partial charge is 0.486 e. The summed E-state index contributed by atoms with van der Waals surface area (Å²) in [6, 6.07) is 11.2. The van der Waals surface area contributed by atoms with E-state index in [0.717, 1.165) is 42.2 Å². The van der Waals surface area contributed by atoms with Gasteiger partial charge in [-0.25, -0.2) is 0 Å². The number of rotatable bonds is 7. The predicted octanol–water partition coefficient (Wildman–Crippen LogP) is 2.53. The molecule has 0 bridgehead atoms. The molecule has 0 atom stereocenters. The Morgan fingerprint density at radius 2 is 1.92 bits per heavy atom. The molecule has 0 aliphatic carbocycles. The van der Waals surface area contributed by atoms with Crippen LogP contribution in [0.25, 0.3) is 0 Å². The first-order valence-corrected chi connectivity index (χ1v) is 9.34. The first kappa shape index (κ1) is 18.2. The maximum atomic E-state index is 12.1. The highest BCUT2D eigenvalue weighted by Crippen LogP contribution is 2.16. The summed E-state index contributed by atoms with van der Waals surface area (Å²) in [7, 11) is 0. The van der Waals surface area contributed by atoms with Gasteiger partial charge in [-0.2, -0.15) is 0 Å². The normalized spacial score (nSPS) is 15.1. The molecule has 6 nitrogen and oxygen atoms in total. The second-order valence-electron chi connectivity index (χ2n) is 5.72. The zero-order valence-corrected chi connectivity index (χ0v) is 16.0. The van der Waals surface area contributed by atoms with Crippen molar-refractivity contribution in [3.63, 3.8) is 0 Å². The van der Waals surface area contributed by atoms with Crippen LogP contribution in [0.4, 0.5) is 0 Å². The molecule has 134 valence electrons. The van der Waals surface area contributed by atoms with Gasteiger partial charge >= 0.3 is 0 Å². The summed E-state index contributed by atoms with van der Waals surface area (Å²) in [5.74, 6) is 1.50. The third-order valence-corrected chi connectivity index (χ3v) is 4.62. The quantitative estimate of drug-likeness (QED) is 0.649. The lowest BCUT2D eigenvalue weighted by molar-refractivity contribution is 0.0382. The molecule has 2 heterocycles. The van der Waals surface area contributed by atoms with Gasteiger partial charge in [0.2, 0.25) is 0 Å². The number of carbonyl (C=O) groups excluding carboxylic acids is 1. The lowest BCUT2D eigenvalue weighted by Gasteiger charge is -2.26. The Kier molecular flexibility index (Phi) is 6.71. The second-order valence-corrected chi connectivity index (χ2v) is 6.96. The van der Waals surface area contributed by atoms with E-state index in [1.807, 2.05) is 24.3 Å². The number of ether oxygens (including phenoxy) is 2. The summed E-state index contributed by atoms with van der Waals surface area (Å²) in [6.45, 7) is 5.05. The number of halogens is 1. The summed E-state index contributed by atoms with van der Waals surface area (Å²) in [4.78, 5) is 14.4. The topological polar surface area (TPSA) is 63.9 Å². The Morgan fingerprint density at radius 3 is 2.68 bits per heavy atom. The van der Waals surface area contributed by atoms with Gasteiger partial charge in [-0.15, -0.1) is 0 Å². The van der Waals surface area contributed by atoms with Crippen molar-refractivity contribution in [2.24, 2.45) is 0 Å². The Hall–Kier alpha value is -1.58. The summed E-state index contributed by atoms with van der Waals surface area (Å²) < 4.78 is 17.7. The Labute approximate surface area is 160 Å². The predicted molar refractivity (Wildman–Crippen MR) is 102 cm³/mol. The number of benzene rings is 1. The maximum Gasteiger partial charge on any atom is 0.287 e. The van der Waals surface area contributed by atoms with E-state index in [-0.39, 0.29) is 5.91 Å². The van der Waals surface area contributed by atoms with Gasteiger partial charge in [0.25, 0.3) is 5.91 Å². The Balaban J connectivity index is 1.42. The molecule has 1 amide bonds. The van der Waals surface area contributed by atoms with Crippen molar-refractivity contribution >= 4 is 28.5 Å². The molecule has 2 aromatic rings. The highest BCUT2D eigenvalue weighted by atomic mass is 127. The third-order valence-electron chi connectivity index (χ3n) is 3.90. The van der Waals surface area contributed by atoms with Crippen LogP contribution >= 0.6 is 22.6 Å². The van der Waals surface area contributed by atoms with E-state index in [2.05, 4.69) is 32.8 Å². The van der Waals surface area contributed by atoms with E-state index in [1.54, 1.807) is 12.1 Å². The first-order valence-electron chi connectivity index (χ1n) is 8.26. The molecule has 7 heteroatoms. The van der Waals surface area contributed by atoms with Crippen LogP contribution in [0.2, 0.25) is 0 Å². The molecule has 0 unspecified atom stereocenters. The first-order chi connectivity index (χ1) is 12.2. The molecule has 0 spiro atoms. The minimum absolute atomic E-state index is 0.200. The van der Waals surface area contributed by atoms with Crippen molar-refractivity contribution in [3.8, 4) is 5.75 Å². The summed E-state index contributed by atoms with van der Waals surface area (Å²) >= 11 is 2.24. The Bertz CT molecular complexity index is 681. The molecular weight excluding hydrogens is 435 g/mol. The van der Waals surface area contributed by atoms with Crippen molar-refractivity contribution in [1.82, 2.24) is 10.2 Å². The van der Waals surface area contributed by atoms with Crippen LogP contribution in [0.15, 0.2) is 40.8 Å². The van der Waals surface area contributed by atoms with Gasteiger partial charge in [-0.3, -0.25) is 9.69 Å². The van der Waals surface area contributed by atoms with Crippen molar-refractivity contribution in [2.45, 2.75) is 6.61 Å². The van der Waals surface area contributed by atoms with Crippen LogP contribution in [0.3, 0.4) is 0 Å². The zero-order valence-electron chi connectivity index (χ0n) is 13.9. The molecule has 1 fully saturated rings. The number of hydrogen-bond donors (Lipinski definition) is 1. The van der Waals surface area contributed by atoms with Gasteiger partial charge < -0.3 is 19.2 Å². The Morgan fingerprint density at radius 1 is 1.16 bits per heavy atom. The second kappa shape index (κ2) is 9.21. The van der Waals surface area contributed by atoms with Gasteiger partial charge in [-0.1, -0.05) is 0 Å². The molecule has 3 rings (SSSR count). The van der Waals surface area contributed by atoms with E-state index in [1.165, 1.54) is 0 Å². The molecule has 1 aliphatic heterocycles. The van der Waals surface area contributed by atoms with E-state index >= 15 is 0 Å². The van der Waals surface area contributed by atoms with Gasteiger partial charge in [0.1, 0.15) is 18.1 Å². The van der Waals surface area contributed by atoms with E-state index in [4.69, 9.17) is 13.9 Å². The van der Waals surface area contributed by atoms with Crippen molar-refractivity contribution in [2.75, 3.05) is 39.4 Å². The molecule has 1 aliphatic rings. The maximum absolute atomic E-state index is 12.1. The lowest BCUT2D eigenvalue weighted by Crippen LogP contribution is -2.41. The monoisotopic (exact) mass is 456 g/mol. The molecule has 1 saturated heterocycles. The molecular formula is C18H21IN2O4. The van der Waals surface area contributed by atoms with Crippen LogP contribution in [-0.4, -0.2) is 50.2 Å². The van der Waals surface area contributed by atoms with Crippen molar-refractivity contribution in [1.29, 1.82) is 0 Å². The number of hydrogen-bond acceptors (Lipinski definition) is 5. The molecule has 0 saturated carbocycles. The molecule has 1 N–H and O–H groups in total. The van der Waals surface area contributed by atoms with Crippen molar-refractivity contribution in [3.05, 3.63) is 51.5 Å². The fourth-order valence-corrected chi connectivity index (χ4v) is 2.86. The lowest BCUT2D eigenvalue weighted by atomic mass is 10.3. The number of carbonyl (C=O) groups is 1. The summed E-state index contributed by atoms with van der Waals surface area (Å²) in [5.41, 5.74) is 0. The fraction of sp³-hybridized carbons (Fsp3) is 0.389. The number of amides is 1. The average Bonchev–Trinajstić information content (AvgIpc) is 3.11. The van der Waals surface area contributed by atoms with E-state index in [0.29, 0.717) is 24.7 Å². The summed E-state index contributed by atoms with van der Waals surface area (Å²) in [6.07, 6.45) is 0. The van der Waals surface area contributed by atoms with Crippen LogP contribution in [0.1, 0.15) is 16.3 Å². The number of nitrogens with zero attached hydrogens (tertiary/aromatic N) is 1. The zero-order chi connectivity index (χ0) is 17.5. The molecule has 0 radical (unpaired) electrons. The smallest absolute Gasteiger partial charge is 0.287 e. The van der Waals surface area contributed by atoms with E-state index < -0.39 is 0 Å². The van der Waals surface area contributed by atoms with Crippen molar-refractivity contribution < 1.29 is 18.7 Å². The third kappa shape index (κ3) is 5.72. The van der Waals surface area contributed by atoms with Gasteiger partial charge in [-0.05, 0) is 59.0 Å². The fourth-order valence-electron chi connectivity index (χ4n) is 2.50. The number of morpholine rings is 1. The SMILES string of the molecule is O=C(NCCN1CCOCC1)c1ccc(COc2ccc(I)cc2)o1. The molecule has 25 heavy (non-hydrogen) atoms. The van der Waals surface area contributed by atoms with Gasteiger partial charge in [0.05, 0.1) is 13.2 Å². The van der Waals surface area contributed by atoms with Crippen LogP contribution in [0, 0.1) is 3.57 Å². The van der Waals surface area contributed by atoms with Gasteiger partial charge in [0, 0.05) is 29.7 Å². The highest BCUT2D eigenvalue weighted by molar-refractivity contribution is 14.1. The molecule has 1 aromatic carbocycles. The molecule has 1 aromatic heterocycles. The highest BCUT2D eigenvalue weighted by Gasteiger charge is 2.13. The van der Waals surface area contributed by atoms with Crippen LogP contribution in [-0.2, 0) is 11.3 Å². The standard InChI is InChI=1S/C18H21IN2O4/c19-14-1-3-15(4-2-14)24-13-16-5-6-17(25-16)18(22)20-7-8-21-9-11-23-12-10-21/h1-6H,7-13H2,(H,20,22). The summed E-state index contributed by atoms with van der Waals surface area (Å²) in [5, 5.41) is 2.88. The van der Waals surface area contributed by atoms with Gasteiger partial charge in [0.15, 0.2) is 5.76 Å². The average molecular weight is 456 g/mol. The minimum Gasteiger partial charge on any atom is -0.486 e. The van der Waals surface area contributed by atoms with E-state index in [9.17, 15) is 4.79 Å². The number of furan rings is 1. The minimum atomic E-state index is -0.200. The van der Waals surface area contributed by atoms with Crippen LogP contribution in [0.5, 0.6) is 5.75 Å². The number of nitrogens with one attached hydrogen (secondary N) is 1. The van der Waals surface area contributed by atoms with Crippen LogP contribution < -0.4 is 10.1 Å².